The van der Waals surface area contributed by atoms with E-state index in [2.05, 4.69) is 127 Å². The lowest BCUT2D eigenvalue weighted by atomic mass is 9.88. The second kappa shape index (κ2) is 16.4. The number of hydrogen-bond donors (Lipinski definition) is 0. The summed E-state index contributed by atoms with van der Waals surface area (Å²) in [6.45, 7) is 0. The van der Waals surface area contributed by atoms with Gasteiger partial charge >= 0.3 is 0 Å². The predicted molar refractivity (Wildman–Crippen MR) is 244 cm³/mol. The van der Waals surface area contributed by atoms with Gasteiger partial charge in [-0.05, 0) is 63.7 Å². The van der Waals surface area contributed by atoms with Gasteiger partial charge in [0.25, 0.3) is 0 Å². The van der Waals surface area contributed by atoms with E-state index in [9.17, 15) is 0 Å². The second-order valence-corrected chi connectivity index (χ2v) is 14.5. The first-order valence-corrected chi connectivity index (χ1v) is 20.0. The molecule has 0 atom stereocenters. The molecule has 0 unspecified atom stereocenters. The molecule has 5 heteroatoms. The zero-order valence-corrected chi connectivity index (χ0v) is 32.6. The molecule has 0 amide bonds. The lowest BCUT2D eigenvalue weighted by molar-refractivity contribution is 1.07. The van der Waals surface area contributed by atoms with Crippen molar-refractivity contribution in [2.24, 2.45) is 0 Å². The number of aromatic nitrogens is 5. The van der Waals surface area contributed by atoms with Crippen LogP contribution in [0.1, 0.15) is 0 Å². The average Bonchev–Trinajstić information content (AvgIpc) is 3.35. The van der Waals surface area contributed by atoms with Crippen LogP contribution in [0, 0.1) is 0 Å². The van der Waals surface area contributed by atoms with E-state index in [4.69, 9.17) is 24.9 Å². The van der Waals surface area contributed by atoms with Crippen molar-refractivity contribution in [3.63, 3.8) is 0 Å². The molecule has 0 radical (unpaired) electrons. The van der Waals surface area contributed by atoms with Crippen molar-refractivity contribution in [1.29, 1.82) is 0 Å². The van der Waals surface area contributed by atoms with Gasteiger partial charge in [-0.15, -0.1) is 0 Å². The molecule has 282 valence electrons. The van der Waals surface area contributed by atoms with E-state index in [1.807, 2.05) is 97.2 Å². The highest BCUT2D eigenvalue weighted by molar-refractivity contribution is 5.94. The fraction of sp³-hybridized carbons (Fsp3) is 0. The van der Waals surface area contributed by atoms with E-state index in [1.54, 1.807) is 0 Å². The number of nitrogens with zero attached hydrogens (tertiary/aromatic N) is 5. The van der Waals surface area contributed by atoms with Crippen molar-refractivity contribution in [3.05, 3.63) is 225 Å². The van der Waals surface area contributed by atoms with E-state index < -0.39 is 0 Å². The molecule has 7 aromatic carbocycles. The zero-order chi connectivity index (χ0) is 40.1. The van der Waals surface area contributed by atoms with Crippen LogP contribution in [0.3, 0.4) is 0 Å². The largest absolute Gasteiger partial charge is 0.256 e. The standard InChI is InChI=1S/C55H37N5/c1-5-19-38(20-6-1)51-36-43(37-52(57-51)39-21-7-2-8-22-39)45-28-14-13-27-44(45)42-32-33-47(49(35-42)50-31-17-18-34-56-50)46-29-15-16-30-48(46)55-59-53(40-23-9-3-10-24-40)58-54(60-55)41-25-11-4-12-26-41/h1-37H. The van der Waals surface area contributed by atoms with Gasteiger partial charge in [-0.3, -0.25) is 4.98 Å². The molecule has 0 aliphatic rings. The molecule has 10 rings (SSSR count). The van der Waals surface area contributed by atoms with Gasteiger partial charge in [0.15, 0.2) is 17.5 Å². The monoisotopic (exact) mass is 767 g/mol. The van der Waals surface area contributed by atoms with Gasteiger partial charge in [-0.2, -0.15) is 0 Å². The maximum absolute atomic E-state index is 5.16. The number of pyridine rings is 2. The third kappa shape index (κ3) is 7.39. The minimum absolute atomic E-state index is 0.598. The highest BCUT2D eigenvalue weighted by Crippen LogP contribution is 2.42. The summed E-state index contributed by atoms with van der Waals surface area (Å²) in [4.78, 5) is 25.2. The van der Waals surface area contributed by atoms with Gasteiger partial charge in [0.05, 0.1) is 17.1 Å². The van der Waals surface area contributed by atoms with Crippen LogP contribution in [0.25, 0.3) is 101 Å². The number of hydrogen-bond acceptors (Lipinski definition) is 5. The molecule has 0 aliphatic heterocycles. The van der Waals surface area contributed by atoms with E-state index in [0.29, 0.717) is 17.5 Å². The van der Waals surface area contributed by atoms with Crippen molar-refractivity contribution in [2.75, 3.05) is 0 Å². The molecule has 0 spiro atoms. The van der Waals surface area contributed by atoms with Gasteiger partial charge in [-0.1, -0.05) is 188 Å². The van der Waals surface area contributed by atoms with Gasteiger partial charge < -0.3 is 0 Å². The van der Waals surface area contributed by atoms with Gasteiger partial charge in [-0.25, -0.2) is 19.9 Å². The zero-order valence-electron chi connectivity index (χ0n) is 32.6. The first-order chi connectivity index (χ1) is 29.7. The molecule has 5 nitrogen and oxygen atoms in total. The van der Waals surface area contributed by atoms with Crippen LogP contribution in [0.5, 0.6) is 0 Å². The third-order valence-electron chi connectivity index (χ3n) is 10.6. The van der Waals surface area contributed by atoms with Crippen LogP contribution in [0.2, 0.25) is 0 Å². The van der Waals surface area contributed by atoms with Crippen LogP contribution in [0.15, 0.2) is 225 Å². The Balaban J connectivity index is 1.14. The Hall–Kier alpha value is -8.15. The average molecular weight is 768 g/mol. The molecule has 10 aromatic rings. The lowest BCUT2D eigenvalue weighted by Gasteiger charge is -2.18. The number of rotatable bonds is 9. The first kappa shape index (κ1) is 36.2. The third-order valence-corrected chi connectivity index (χ3v) is 10.6. The maximum Gasteiger partial charge on any atom is 0.164 e. The van der Waals surface area contributed by atoms with Crippen molar-refractivity contribution in [1.82, 2.24) is 24.9 Å². The summed E-state index contributed by atoms with van der Waals surface area (Å²) in [5, 5.41) is 0. The summed E-state index contributed by atoms with van der Waals surface area (Å²) < 4.78 is 0. The molecule has 0 saturated heterocycles. The van der Waals surface area contributed by atoms with Gasteiger partial charge in [0.2, 0.25) is 0 Å². The Morgan fingerprint density at radius 2 is 0.650 bits per heavy atom. The van der Waals surface area contributed by atoms with Crippen LogP contribution in [-0.2, 0) is 0 Å². The molecule has 0 aliphatic carbocycles. The van der Waals surface area contributed by atoms with Gasteiger partial charge in [0, 0.05) is 39.6 Å². The lowest BCUT2D eigenvalue weighted by Crippen LogP contribution is -2.01. The molecule has 60 heavy (non-hydrogen) atoms. The highest BCUT2D eigenvalue weighted by atomic mass is 15.0. The molecular formula is C55H37N5. The highest BCUT2D eigenvalue weighted by Gasteiger charge is 2.20. The smallest absolute Gasteiger partial charge is 0.164 e. The van der Waals surface area contributed by atoms with E-state index in [1.165, 1.54) is 0 Å². The van der Waals surface area contributed by atoms with Crippen LogP contribution in [0.4, 0.5) is 0 Å². The van der Waals surface area contributed by atoms with Crippen LogP contribution >= 0.6 is 0 Å². The molecule has 0 N–H and O–H groups in total. The van der Waals surface area contributed by atoms with Crippen molar-refractivity contribution < 1.29 is 0 Å². The quantitative estimate of drug-likeness (QED) is 0.146. The Bertz CT molecular complexity index is 2950. The van der Waals surface area contributed by atoms with Crippen LogP contribution in [-0.4, -0.2) is 24.9 Å². The summed E-state index contributed by atoms with van der Waals surface area (Å²) in [7, 11) is 0. The van der Waals surface area contributed by atoms with Crippen molar-refractivity contribution in [3.8, 4) is 101 Å². The molecule has 0 bridgehead atoms. The normalized spacial score (nSPS) is 11.0. The fourth-order valence-corrected chi connectivity index (χ4v) is 7.71. The van der Waals surface area contributed by atoms with Crippen molar-refractivity contribution >= 4 is 0 Å². The van der Waals surface area contributed by atoms with E-state index in [-0.39, 0.29) is 0 Å². The summed E-state index contributed by atoms with van der Waals surface area (Å²) >= 11 is 0. The topological polar surface area (TPSA) is 64.5 Å². The van der Waals surface area contributed by atoms with E-state index >= 15 is 0 Å². The maximum atomic E-state index is 5.16. The molecule has 3 aromatic heterocycles. The van der Waals surface area contributed by atoms with Crippen molar-refractivity contribution in [2.45, 2.75) is 0 Å². The summed E-state index contributed by atoms with van der Waals surface area (Å²) in [6.07, 6.45) is 1.85. The van der Waals surface area contributed by atoms with E-state index in [0.717, 1.165) is 83.8 Å². The Kier molecular flexibility index (Phi) is 9.88. The first-order valence-electron chi connectivity index (χ1n) is 20.0. The Labute approximate surface area is 349 Å². The predicted octanol–water partition coefficient (Wildman–Crippen LogP) is 13.7. The summed E-state index contributed by atoms with van der Waals surface area (Å²) in [6, 6.07) is 75.1. The molecule has 0 fully saturated rings. The molecular weight excluding hydrogens is 731 g/mol. The van der Waals surface area contributed by atoms with Gasteiger partial charge in [0.1, 0.15) is 0 Å². The molecule has 3 heterocycles. The second-order valence-electron chi connectivity index (χ2n) is 14.5. The minimum Gasteiger partial charge on any atom is -0.256 e. The summed E-state index contributed by atoms with van der Waals surface area (Å²) in [5.74, 6) is 1.84. The minimum atomic E-state index is 0.598. The molecule has 0 saturated carbocycles. The fourth-order valence-electron chi connectivity index (χ4n) is 7.71. The Morgan fingerprint density at radius 1 is 0.217 bits per heavy atom. The Morgan fingerprint density at radius 3 is 1.18 bits per heavy atom. The SMILES string of the molecule is c1ccc(-c2cc(-c3ccccc3-c3ccc(-c4ccccc4-c4nc(-c5ccccc5)nc(-c5ccccc5)n4)c(-c4ccccn4)c3)cc(-c3ccccc3)n2)cc1. The summed E-state index contributed by atoms with van der Waals surface area (Å²) in [5.41, 5.74) is 15.0. The van der Waals surface area contributed by atoms with Crippen LogP contribution < -0.4 is 0 Å². The number of benzene rings is 7.